The molecule has 2 amide bonds. The molecule has 24 heavy (non-hydrogen) atoms. The Morgan fingerprint density at radius 3 is 2.88 bits per heavy atom. The third kappa shape index (κ3) is 5.26. The number of hydrogen-bond donors (Lipinski definition) is 2. The summed E-state index contributed by atoms with van der Waals surface area (Å²) in [7, 11) is 0. The maximum Gasteiger partial charge on any atom is 0.307 e. The van der Waals surface area contributed by atoms with Crippen molar-refractivity contribution >= 4 is 35.2 Å². The second-order valence-electron chi connectivity index (χ2n) is 5.71. The molecule has 1 aromatic carbocycles. The number of ether oxygens (including phenoxy) is 1. The van der Waals surface area contributed by atoms with Crippen molar-refractivity contribution in [1.82, 2.24) is 5.32 Å². The zero-order valence-corrected chi connectivity index (χ0v) is 14.7. The van der Waals surface area contributed by atoms with Crippen LogP contribution < -0.4 is 10.6 Å². The van der Waals surface area contributed by atoms with Crippen molar-refractivity contribution in [3.8, 4) is 0 Å². The maximum absolute atomic E-state index is 12.0. The summed E-state index contributed by atoms with van der Waals surface area (Å²) in [6.45, 7) is 3.62. The van der Waals surface area contributed by atoms with Crippen LogP contribution in [-0.4, -0.2) is 35.7 Å². The van der Waals surface area contributed by atoms with E-state index in [1.165, 1.54) is 11.8 Å². The number of fused-ring (bicyclic) bond motifs is 1. The zero-order chi connectivity index (χ0) is 17.5. The van der Waals surface area contributed by atoms with Crippen molar-refractivity contribution in [3.05, 3.63) is 24.3 Å². The van der Waals surface area contributed by atoms with Gasteiger partial charge in [0.15, 0.2) is 6.61 Å². The molecule has 6 nitrogen and oxygen atoms in total. The fourth-order valence-electron chi connectivity index (χ4n) is 2.41. The van der Waals surface area contributed by atoms with E-state index >= 15 is 0 Å². The molecule has 0 spiro atoms. The number of amides is 2. The lowest BCUT2D eigenvalue weighted by Crippen LogP contribution is -2.36. The van der Waals surface area contributed by atoms with Gasteiger partial charge in [0.1, 0.15) is 0 Å². The number of rotatable bonds is 7. The van der Waals surface area contributed by atoms with Crippen molar-refractivity contribution < 1.29 is 19.1 Å². The number of nitrogens with one attached hydrogen (secondary N) is 2. The smallest absolute Gasteiger partial charge is 0.307 e. The summed E-state index contributed by atoms with van der Waals surface area (Å²) in [5.74, 6) is -1.10. The van der Waals surface area contributed by atoms with Crippen LogP contribution in [0.1, 0.15) is 33.1 Å². The predicted octanol–water partition coefficient (Wildman–Crippen LogP) is 2.34. The first-order valence-corrected chi connectivity index (χ1v) is 8.89. The zero-order valence-electron chi connectivity index (χ0n) is 13.8. The van der Waals surface area contributed by atoms with E-state index in [0.29, 0.717) is 0 Å². The molecule has 130 valence electrons. The molecule has 0 saturated heterocycles. The Labute approximate surface area is 145 Å². The van der Waals surface area contributed by atoms with E-state index < -0.39 is 11.2 Å². The summed E-state index contributed by atoms with van der Waals surface area (Å²) in [5.41, 5.74) is 0.751. The third-order valence-corrected chi connectivity index (χ3v) is 4.83. The van der Waals surface area contributed by atoms with Gasteiger partial charge in [-0.25, -0.2) is 0 Å². The van der Waals surface area contributed by atoms with E-state index in [1.807, 2.05) is 38.1 Å². The molecule has 2 N–H and O–H groups in total. The average Bonchev–Trinajstić information content (AvgIpc) is 2.54. The Kier molecular flexibility index (Phi) is 6.66. The molecule has 1 heterocycles. The number of benzene rings is 1. The van der Waals surface area contributed by atoms with E-state index in [9.17, 15) is 14.4 Å². The fraction of sp³-hybridized carbons (Fsp3) is 0.471. The van der Waals surface area contributed by atoms with Gasteiger partial charge in [-0.05, 0) is 25.5 Å². The minimum absolute atomic E-state index is 0.0531. The van der Waals surface area contributed by atoms with Crippen LogP contribution >= 0.6 is 11.8 Å². The van der Waals surface area contributed by atoms with Crippen molar-refractivity contribution in [3.63, 3.8) is 0 Å². The topological polar surface area (TPSA) is 84.5 Å². The summed E-state index contributed by atoms with van der Waals surface area (Å²) in [6, 6.07) is 7.47. The Morgan fingerprint density at radius 1 is 1.38 bits per heavy atom. The third-order valence-electron chi connectivity index (χ3n) is 3.55. The minimum Gasteiger partial charge on any atom is -0.456 e. The quantitative estimate of drug-likeness (QED) is 0.738. The first-order valence-electron chi connectivity index (χ1n) is 8.01. The lowest BCUT2D eigenvalue weighted by molar-refractivity contribution is -0.149. The number of anilines is 1. The number of carbonyl (C=O) groups excluding carboxylic acids is 3. The SMILES string of the molecule is CCC[C@@H](C)NC(=O)COC(=O)C[C@@H]1Sc2ccccc2NC1=O. The van der Waals surface area contributed by atoms with Gasteiger partial charge in [0.2, 0.25) is 5.91 Å². The number of esters is 1. The van der Waals surface area contributed by atoms with Gasteiger partial charge in [0.25, 0.3) is 5.91 Å². The first-order chi connectivity index (χ1) is 11.5. The molecule has 1 aliphatic rings. The van der Waals surface area contributed by atoms with E-state index in [-0.39, 0.29) is 30.9 Å². The summed E-state index contributed by atoms with van der Waals surface area (Å²) in [6.07, 6.45) is 1.78. The Morgan fingerprint density at radius 2 is 2.12 bits per heavy atom. The van der Waals surface area contributed by atoms with Crippen molar-refractivity contribution in [2.24, 2.45) is 0 Å². The maximum atomic E-state index is 12.0. The van der Waals surface area contributed by atoms with Crippen LogP contribution in [0.2, 0.25) is 0 Å². The highest BCUT2D eigenvalue weighted by molar-refractivity contribution is 8.01. The molecule has 0 aliphatic carbocycles. The predicted molar refractivity (Wildman–Crippen MR) is 92.8 cm³/mol. The Balaban J connectivity index is 1.78. The van der Waals surface area contributed by atoms with Crippen LogP contribution in [0.3, 0.4) is 0 Å². The summed E-state index contributed by atoms with van der Waals surface area (Å²) in [5, 5.41) is 4.99. The lowest BCUT2D eigenvalue weighted by atomic mass is 10.2. The molecule has 2 atom stereocenters. The van der Waals surface area contributed by atoms with Gasteiger partial charge in [-0.1, -0.05) is 25.5 Å². The van der Waals surface area contributed by atoms with Crippen LogP contribution in [0.5, 0.6) is 0 Å². The normalized spacial score (nSPS) is 17.4. The van der Waals surface area contributed by atoms with E-state index in [2.05, 4.69) is 10.6 Å². The number of carbonyl (C=O) groups is 3. The average molecular weight is 350 g/mol. The minimum atomic E-state index is -0.555. The molecular formula is C17H22N2O4S. The monoisotopic (exact) mass is 350 g/mol. The molecule has 0 fully saturated rings. The van der Waals surface area contributed by atoms with Gasteiger partial charge < -0.3 is 15.4 Å². The number of thioether (sulfide) groups is 1. The summed E-state index contributed by atoms with van der Waals surface area (Å²) in [4.78, 5) is 36.5. The van der Waals surface area contributed by atoms with Crippen LogP contribution in [0, 0.1) is 0 Å². The summed E-state index contributed by atoms with van der Waals surface area (Å²) >= 11 is 1.33. The second-order valence-corrected chi connectivity index (χ2v) is 6.96. The van der Waals surface area contributed by atoms with Gasteiger partial charge >= 0.3 is 5.97 Å². The van der Waals surface area contributed by atoms with E-state index in [1.54, 1.807) is 0 Å². The lowest BCUT2D eigenvalue weighted by Gasteiger charge is -2.23. The molecule has 7 heteroatoms. The highest BCUT2D eigenvalue weighted by Gasteiger charge is 2.29. The van der Waals surface area contributed by atoms with Crippen LogP contribution in [0.15, 0.2) is 29.2 Å². The molecule has 0 radical (unpaired) electrons. The highest BCUT2D eigenvalue weighted by atomic mass is 32.2. The van der Waals surface area contributed by atoms with E-state index in [0.717, 1.165) is 23.4 Å². The molecule has 1 aromatic rings. The number of hydrogen-bond acceptors (Lipinski definition) is 5. The van der Waals surface area contributed by atoms with Gasteiger partial charge in [-0.2, -0.15) is 0 Å². The van der Waals surface area contributed by atoms with Crippen molar-refractivity contribution in [2.45, 2.75) is 49.3 Å². The van der Waals surface area contributed by atoms with Gasteiger partial charge in [-0.15, -0.1) is 11.8 Å². The molecule has 0 unspecified atom stereocenters. The van der Waals surface area contributed by atoms with Crippen LogP contribution in [0.25, 0.3) is 0 Å². The molecular weight excluding hydrogens is 328 g/mol. The van der Waals surface area contributed by atoms with Gasteiger partial charge in [0.05, 0.1) is 17.4 Å². The summed E-state index contributed by atoms with van der Waals surface area (Å²) < 4.78 is 4.98. The molecule has 2 rings (SSSR count). The second kappa shape index (κ2) is 8.73. The van der Waals surface area contributed by atoms with Crippen LogP contribution in [0.4, 0.5) is 5.69 Å². The fourth-order valence-corrected chi connectivity index (χ4v) is 3.50. The highest BCUT2D eigenvalue weighted by Crippen LogP contribution is 2.36. The van der Waals surface area contributed by atoms with Gasteiger partial charge in [0, 0.05) is 10.9 Å². The molecule has 0 saturated carbocycles. The number of para-hydroxylation sites is 1. The largest absolute Gasteiger partial charge is 0.456 e. The molecule has 0 aromatic heterocycles. The molecule has 0 bridgehead atoms. The standard InChI is InChI=1S/C17H22N2O4S/c1-3-6-11(2)18-15(20)10-23-16(21)9-14-17(22)19-12-7-4-5-8-13(12)24-14/h4-5,7-8,11,14H,3,6,9-10H2,1-2H3,(H,18,20)(H,19,22)/t11-,14+/m1/s1. The van der Waals surface area contributed by atoms with Crippen LogP contribution in [-0.2, 0) is 19.1 Å². The first kappa shape index (κ1) is 18.3. The Bertz CT molecular complexity index is 620. The van der Waals surface area contributed by atoms with E-state index in [4.69, 9.17) is 4.74 Å². The van der Waals surface area contributed by atoms with Gasteiger partial charge in [-0.3, -0.25) is 14.4 Å². The van der Waals surface area contributed by atoms with Crippen molar-refractivity contribution in [2.75, 3.05) is 11.9 Å². The van der Waals surface area contributed by atoms with Crippen molar-refractivity contribution in [1.29, 1.82) is 0 Å². The Hall–Kier alpha value is -2.02. The molecule has 1 aliphatic heterocycles.